The van der Waals surface area contributed by atoms with Crippen molar-refractivity contribution in [3.8, 4) is 11.5 Å². The van der Waals surface area contributed by atoms with Crippen LogP contribution in [-0.4, -0.2) is 34.7 Å². The number of methoxy groups -OCH3 is 1. The zero-order valence-electron chi connectivity index (χ0n) is 13.0. The van der Waals surface area contributed by atoms with E-state index in [0.717, 1.165) is 11.3 Å². The highest BCUT2D eigenvalue weighted by molar-refractivity contribution is 5.94. The van der Waals surface area contributed by atoms with Gasteiger partial charge in [-0.25, -0.2) is 9.48 Å². The van der Waals surface area contributed by atoms with Crippen LogP contribution in [0.2, 0.25) is 0 Å². The summed E-state index contributed by atoms with van der Waals surface area (Å²) in [6.07, 6.45) is 3.36. The number of nitrogens with zero attached hydrogens (tertiary/aromatic N) is 3. The third kappa shape index (κ3) is 3.03. The molecule has 1 aliphatic heterocycles. The number of hydrogen-bond donors (Lipinski definition) is 0. The Balaban J connectivity index is 2.11. The Bertz CT molecular complexity index is 752. The second kappa shape index (κ2) is 6.51. The highest BCUT2D eigenvalue weighted by Crippen LogP contribution is 2.34. The average molecular weight is 315 g/mol. The molecule has 2 aromatic rings. The first-order valence-corrected chi connectivity index (χ1v) is 7.27. The van der Waals surface area contributed by atoms with Gasteiger partial charge in [0.1, 0.15) is 6.61 Å². The molecule has 0 saturated carbocycles. The van der Waals surface area contributed by atoms with Crippen molar-refractivity contribution in [2.24, 2.45) is 0 Å². The van der Waals surface area contributed by atoms with Crippen LogP contribution >= 0.6 is 0 Å². The van der Waals surface area contributed by atoms with E-state index in [4.69, 9.17) is 14.2 Å². The van der Waals surface area contributed by atoms with Crippen LogP contribution in [0.15, 0.2) is 30.0 Å². The fourth-order valence-electron chi connectivity index (χ4n) is 2.37. The van der Waals surface area contributed by atoms with Crippen LogP contribution in [0.4, 0.5) is 0 Å². The first-order chi connectivity index (χ1) is 11.2. The molecule has 0 saturated heterocycles. The van der Waals surface area contributed by atoms with Crippen LogP contribution in [0.3, 0.4) is 0 Å². The number of rotatable bonds is 3. The minimum atomic E-state index is -0.385. The maximum absolute atomic E-state index is 12.2. The maximum Gasteiger partial charge on any atom is 0.335 e. The van der Waals surface area contributed by atoms with Gasteiger partial charge in [-0.15, -0.1) is 5.10 Å². The van der Waals surface area contributed by atoms with E-state index in [2.05, 4.69) is 10.3 Å². The summed E-state index contributed by atoms with van der Waals surface area (Å²) in [6.45, 7) is 2.63. The van der Waals surface area contributed by atoms with Gasteiger partial charge in [-0.1, -0.05) is 17.3 Å². The van der Waals surface area contributed by atoms with Crippen LogP contribution in [-0.2, 0) is 22.7 Å². The highest BCUT2D eigenvalue weighted by Gasteiger charge is 2.20. The van der Waals surface area contributed by atoms with E-state index in [1.54, 1.807) is 31.0 Å². The maximum atomic E-state index is 12.2. The Hall–Kier alpha value is -2.83. The second-order valence-electron chi connectivity index (χ2n) is 4.94. The summed E-state index contributed by atoms with van der Waals surface area (Å²) in [6, 6.07) is 5.52. The molecule has 0 N–H and O–H groups in total. The van der Waals surface area contributed by atoms with Crippen molar-refractivity contribution in [3.05, 3.63) is 41.2 Å². The van der Waals surface area contributed by atoms with Crippen LogP contribution < -0.4 is 9.47 Å². The van der Waals surface area contributed by atoms with Gasteiger partial charge in [-0.05, 0) is 19.1 Å². The molecule has 120 valence electrons. The second-order valence-corrected chi connectivity index (χ2v) is 4.94. The predicted molar refractivity (Wildman–Crippen MR) is 82.0 cm³/mol. The van der Waals surface area contributed by atoms with Gasteiger partial charge in [0.25, 0.3) is 0 Å². The Morgan fingerprint density at radius 1 is 1.43 bits per heavy atom. The number of benzene rings is 1. The number of ether oxygens (including phenoxy) is 3. The number of esters is 1. The third-order valence-corrected chi connectivity index (χ3v) is 3.48. The van der Waals surface area contributed by atoms with Crippen molar-refractivity contribution in [2.75, 3.05) is 13.7 Å². The summed E-state index contributed by atoms with van der Waals surface area (Å²) >= 11 is 0. The van der Waals surface area contributed by atoms with Gasteiger partial charge in [0.15, 0.2) is 11.5 Å². The number of carbonyl (C=O) groups is 1. The quantitative estimate of drug-likeness (QED) is 0.804. The van der Waals surface area contributed by atoms with Gasteiger partial charge in [0.2, 0.25) is 0 Å². The van der Waals surface area contributed by atoms with Gasteiger partial charge in [0.05, 0.1) is 37.7 Å². The number of aromatic nitrogens is 3. The molecule has 0 amide bonds. The van der Waals surface area contributed by atoms with E-state index >= 15 is 0 Å². The fourth-order valence-corrected chi connectivity index (χ4v) is 2.37. The molecule has 3 rings (SSSR count). The van der Waals surface area contributed by atoms with E-state index in [9.17, 15) is 4.79 Å². The van der Waals surface area contributed by atoms with Crippen molar-refractivity contribution in [2.45, 2.75) is 20.1 Å². The fraction of sp³-hybridized carbons (Fsp3) is 0.312. The normalized spacial score (nSPS) is 15.7. The molecule has 0 radical (unpaired) electrons. The minimum absolute atomic E-state index is 0.272. The van der Waals surface area contributed by atoms with Crippen LogP contribution in [0.25, 0.3) is 6.08 Å². The van der Waals surface area contributed by atoms with E-state index in [-0.39, 0.29) is 19.1 Å². The topological polar surface area (TPSA) is 75.5 Å². The monoisotopic (exact) mass is 315 g/mol. The Kier molecular flexibility index (Phi) is 4.27. The number of para-hydroxylation sites is 1. The summed E-state index contributed by atoms with van der Waals surface area (Å²) in [5, 5.41) is 7.88. The SMILES string of the molecule is CCOC(=O)/C1=C/c2cccc(OC)c2OCc2cnnn2C1. The van der Waals surface area contributed by atoms with Gasteiger partial charge < -0.3 is 14.2 Å². The highest BCUT2D eigenvalue weighted by atomic mass is 16.5. The molecule has 1 aromatic carbocycles. The smallest absolute Gasteiger partial charge is 0.335 e. The summed E-state index contributed by atoms with van der Waals surface area (Å²) in [7, 11) is 1.58. The molecule has 0 aliphatic carbocycles. The van der Waals surface area contributed by atoms with Crippen molar-refractivity contribution in [3.63, 3.8) is 0 Å². The van der Waals surface area contributed by atoms with Gasteiger partial charge >= 0.3 is 5.97 Å². The molecule has 0 atom stereocenters. The van der Waals surface area contributed by atoms with E-state index in [1.165, 1.54) is 0 Å². The van der Waals surface area contributed by atoms with Crippen LogP contribution in [0.5, 0.6) is 11.5 Å². The standard InChI is InChI=1S/C16H17N3O4/c1-3-22-16(20)12-7-11-5-4-6-14(21-2)15(11)23-10-13-8-17-18-19(13)9-12/h4-8H,3,9-10H2,1-2H3/b12-7+. The number of hydrogen-bond acceptors (Lipinski definition) is 6. The van der Waals surface area contributed by atoms with Crippen molar-refractivity contribution < 1.29 is 19.0 Å². The van der Waals surface area contributed by atoms with E-state index in [1.807, 2.05) is 18.2 Å². The largest absolute Gasteiger partial charge is 0.493 e. The Morgan fingerprint density at radius 2 is 2.30 bits per heavy atom. The molecule has 1 aliphatic rings. The molecule has 0 bridgehead atoms. The first-order valence-electron chi connectivity index (χ1n) is 7.27. The molecule has 0 fully saturated rings. The van der Waals surface area contributed by atoms with E-state index in [0.29, 0.717) is 23.7 Å². The molecule has 7 nitrogen and oxygen atoms in total. The zero-order chi connectivity index (χ0) is 16.2. The van der Waals surface area contributed by atoms with Crippen LogP contribution in [0, 0.1) is 0 Å². The zero-order valence-corrected chi connectivity index (χ0v) is 13.0. The number of fused-ring (bicyclic) bond motifs is 2. The van der Waals surface area contributed by atoms with Gasteiger partial charge in [0, 0.05) is 5.56 Å². The average Bonchev–Trinajstić information content (AvgIpc) is 3.01. The lowest BCUT2D eigenvalue weighted by molar-refractivity contribution is -0.138. The molecule has 0 spiro atoms. The van der Waals surface area contributed by atoms with Gasteiger partial charge in [-0.2, -0.15) is 0 Å². The van der Waals surface area contributed by atoms with Crippen molar-refractivity contribution in [1.29, 1.82) is 0 Å². The van der Waals surface area contributed by atoms with Crippen molar-refractivity contribution >= 4 is 12.0 Å². The molecule has 1 aromatic heterocycles. The minimum Gasteiger partial charge on any atom is -0.493 e. The lowest BCUT2D eigenvalue weighted by Gasteiger charge is -2.12. The summed E-state index contributed by atoms with van der Waals surface area (Å²) < 4.78 is 18.0. The molecular formula is C16H17N3O4. The summed E-state index contributed by atoms with van der Waals surface area (Å²) in [5.74, 6) is 0.791. The van der Waals surface area contributed by atoms with E-state index < -0.39 is 0 Å². The molecule has 23 heavy (non-hydrogen) atoms. The summed E-state index contributed by atoms with van der Waals surface area (Å²) in [4.78, 5) is 12.2. The third-order valence-electron chi connectivity index (χ3n) is 3.48. The number of carbonyl (C=O) groups excluding carboxylic acids is 1. The Morgan fingerprint density at radius 3 is 3.09 bits per heavy atom. The summed E-state index contributed by atoms with van der Waals surface area (Å²) in [5.41, 5.74) is 1.99. The lowest BCUT2D eigenvalue weighted by atomic mass is 10.1. The van der Waals surface area contributed by atoms with Crippen LogP contribution in [0.1, 0.15) is 18.2 Å². The molecular weight excluding hydrogens is 298 g/mol. The lowest BCUT2D eigenvalue weighted by Crippen LogP contribution is -2.15. The molecule has 2 heterocycles. The predicted octanol–water partition coefficient (Wildman–Crippen LogP) is 1.83. The Labute approximate surface area is 133 Å². The van der Waals surface area contributed by atoms with Crippen molar-refractivity contribution in [1.82, 2.24) is 15.0 Å². The first kappa shape index (κ1) is 15.1. The molecule has 0 unspecified atom stereocenters. The molecule has 7 heteroatoms. The van der Waals surface area contributed by atoms with Gasteiger partial charge in [-0.3, -0.25) is 0 Å².